The predicted octanol–water partition coefficient (Wildman–Crippen LogP) is 2.83. The zero-order valence-corrected chi connectivity index (χ0v) is 12.7. The van der Waals surface area contributed by atoms with Gasteiger partial charge in [0.1, 0.15) is 12.4 Å². The molecule has 0 heterocycles. The van der Waals surface area contributed by atoms with E-state index in [0.717, 1.165) is 24.0 Å². The number of rotatable bonds is 4. The molecular formula is C17H20O4. The lowest BCUT2D eigenvalue weighted by molar-refractivity contribution is -0.136. The van der Waals surface area contributed by atoms with Gasteiger partial charge in [0.25, 0.3) is 0 Å². The molecule has 0 N–H and O–H groups in total. The van der Waals surface area contributed by atoms with Gasteiger partial charge in [-0.15, -0.1) is 0 Å². The summed E-state index contributed by atoms with van der Waals surface area (Å²) < 4.78 is 16.0. The normalized spacial score (nSPS) is 26.9. The van der Waals surface area contributed by atoms with E-state index in [0.29, 0.717) is 12.0 Å². The smallest absolute Gasteiger partial charge is 0.334 e. The van der Waals surface area contributed by atoms with Crippen molar-refractivity contribution < 1.29 is 19.0 Å². The highest BCUT2D eigenvalue weighted by atomic mass is 16.7. The lowest BCUT2D eigenvalue weighted by Gasteiger charge is -2.50. The minimum atomic E-state index is -0.345. The fourth-order valence-corrected chi connectivity index (χ4v) is 3.58. The molecule has 0 amide bonds. The van der Waals surface area contributed by atoms with E-state index in [-0.39, 0.29) is 18.4 Å². The van der Waals surface area contributed by atoms with Gasteiger partial charge in [0.15, 0.2) is 0 Å². The Bertz CT molecular complexity index is 606. The van der Waals surface area contributed by atoms with E-state index in [2.05, 4.69) is 19.1 Å². The number of hydrogen-bond donors (Lipinski definition) is 0. The van der Waals surface area contributed by atoms with Gasteiger partial charge in [0.2, 0.25) is 0 Å². The predicted molar refractivity (Wildman–Crippen MR) is 78.5 cm³/mol. The molecule has 1 atom stereocenters. The van der Waals surface area contributed by atoms with E-state index in [1.54, 1.807) is 7.11 Å². The average Bonchev–Trinajstić information content (AvgIpc) is 2.49. The van der Waals surface area contributed by atoms with Crippen molar-refractivity contribution in [3.63, 3.8) is 0 Å². The van der Waals surface area contributed by atoms with Crippen LogP contribution in [0, 0.1) is 0 Å². The van der Waals surface area contributed by atoms with Gasteiger partial charge in [0.05, 0.1) is 7.11 Å². The van der Waals surface area contributed by atoms with Crippen LogP contribution in [-0.4, -0.2) is 32.6 Å². The molecule has 0 spiro atoms. The van der Waals surface area contributed by atoms with Crippen molar-refractivity contribution in [2.75, 3.05) is 21.0 Å². The topological polar surface area (TPSA) is 44.8 Å². The van der Waals surface area contributed by atoms with E-state index < -0.39 is 0 Å². The molecule has 112 valence electrons. The second-order valence-corrected chi connectivity index (χ2v) is 5.64. The van der Waals surface area contributed by atoms with E-state index in [1.807, 2.05) is 6.08 Å². The number of carbonyl (C=O) groups excluding carboxylic acids is 1. The fraction of sp³-hybridized carbons (Fsp3) is 0.471. The van der Waals surface area contributed by atoms with Crippen LogP contribution in [0.1, 0.15) is 26.2 Å². The molecular weight excluding hydrogens is 268 g/mol. The van der Waals surface area contributed by atoms with Crippen molar-refractivity contribution >= 4 is 5.97 Å². The van der Waals surface area contributed by atoms with Gasteiger partial charge >= 0.3 is 5.97 Å². The molecule has 3 rings (SSSR count). The summed E-state index contributed by atoms with van der Waals surface area (Å²) in [6.45, 7) is 2.34. The van der Waals surface area contributed by atoms with Crippen LogP contribution >= 0.6 is 0 Å². The zero-order valence-electron chi connectivity index (χ0n) is 12.7. The van der Waals surface area contributed by atoms with Crippen LogP contribution in [0.25, 0.3) is 0 Å². The Balaban J connectivity index is 2.05. The number of hydrogen-bond acceptors (Lipinski definition) is 4. The second-order valence-electron chi connectivity index (χ2n) is 5.64. The average molecular weight is 288 g/mol. The van der Waals surface area contributed by atoms with Crippen LogP contribution in [0.5, 0.6) is 0 Å². The Kier molecular flexibility index (Phi) is 3.59. The highest BCUT2D eigenvalue weighted by molar-refractivity contribution is 5.92. The molecule has 0 radical (unpaired) electrons. The first-order chi connectivity index (χ1) is 10.1. The SMILES string of the molecule is COCOC12CCC=CC1=C1C=C(C(=O)OC)CC(C)=C12. The lowest BCUT2D eigenvalue weighted by atomic mass is 9.60. The third-order valence-corrected chi connectivity index (χ3v) is 4.42. The number of methoxy groups -OCH3 is 2. The number of allylic oxidation sites excluding steroid dienone is 3. The van der Waals surface area contributed by atoms with E-state index >= 15 is 0 Å². The summed E-state index contributed by atoms with van der Waals surface area (Å²) in [7, 11) is 3.05. The maximum absolute atomic E-state index is 11.8. The summed E-state index contributed by atoms with van der Waals surface area (Å²) in [5.74, 6) is -0.253. The van der Waals surface area contributed by atoms with Crippen molar-refractivity contribution in [3.8, 4) is 0 Å². The molecule has 3 aliphatic rings. The number of esters is 1. The molecule has 4 nitrogen and oxygen atoms in total. The van der Waals surface area contributed by atoms with Crippen LogP contribution in [0.2, 0.25) is 0 Å². The minimum absolute atomic E-state index is 0.253. The number of fused-ring (bicyclic) bond motifs is 3. The number of ether oxygens (including phenoxy) is 3. The van der Waals surface area contributed by atoms with E-state index in [4.69, 9.17) is 14.2 Å². The Morgan fingerprint density at radius 1 is 1.38 bits per heavy atom. The summed E-state index contributed by atoms with van der Waals surface area (Å²) in [5.41, 5.74) is 5.05. The van der Waals surface area contributed by atoms with Crippen LogP contribution in [0.15, 0.2) is 46.1 Å². The molecule has 3 aliphatic carbocycles. The van der Waals surface area contributed by atoms with Crippen molar-refractivity contribution in [3.05, 3.63) is 46.1 Å². The molecule has 21 heavy (non-hydrogen) atoms. The summed E-state index contributed by atoms with van der Waals surface area (Å²) in [6, 6.07) is 0. The first-order valence-electron chi connectivity index (χ1n) is 7.17. The molecule has 0 aromatic heterocycles. The molecule has 4 heteroatoms. The minimum Gasteiger partial charge on any atom is -0.466 e. The second kappa shape index (κ2) is 5.28. The van der Waals surface area contributed by atoms with Gasteiger partial charge in [-0.3, -0.25) is 0 Å². The van der Waals surface area contributed by atoms with Gasteiger partial charge < -0.3 is 14.2 Å². The van der Waals surface area contributed by atoms with E-state index in [1.165, 1.54) is 18.3 Å². The van der Waals surface area contributed by atoms with Crippen LogP contribution < -0.4 is 0 Å². The van der Waals surface area contributed by atoms with Gasteiger partial charge in [-0.2, -0.15) is 0 Å². The lowest BCUT2D eigenvalue weighted by Crippen LogP contribution is -2.48. The van der Waals surface area contributed by atoms with Crippen LogP contribution in [-0.2, 0) is 19.0 Å². The summed E-state index contributed by atoms with van der Waals surface area (Å²) in [5, 5.41) is 0. The first kappa shape index (κ1) is 14.3. The van der Waals surface area contributed by atoms with Crippen LogP contribution in [0.4, 0.5) is 0 Å². The third kappa shape index (κ3) is 2.01. The van der Waals surface area contributed by atoms with Gasteiger partial charge in [0, 0.05) is 19.1 Å². The van der Waals surface area contributed by atoms with Crippen molar-refractivity contribution in [1.82, 2.24) is 0 Å². The highest BCUT2D eigenvalue weighted by Gasteiger charge is 2.51. The summed E-state index contributed by atoms with van der Waals surface area (Å²) in [4.78, 5) is 11.8. The summed E-state index contributed by atoms with van der Waals surface area (Å²) >= 11 is 0. The van der Waals surface area contributed by atoms with E-state index in [9.17, 15) is 4.79 Å². The molecule has 1 unspecified atom stereocenters. The molecule has 0 bridgehead atoms. The van der Waals surface area contributed by atoms with Gasteiger partial charge in [-0.25, -0.2) is 4.79 Å². The Hall–Kier alpha value is -1.65. The Morgan fingerprint density at radius 3 is 2.90 bits per heavy atom. The molecule has 0 aromatic carbocycles. The zero-order chi connectivity index (χ0) is 15.0. The fourth-order valence-electron chi connectivity index (χ4n) is 3.58. The molecule has 0 fully saturated rings. The monoisotopic (exact) mass is 288 g/mol. The van der Waals surface area contributed by atoms with Crippen molar-refractivity contribution in [2.45, 2.75) is 31.8 Å². The molecule has 0 saturated heterocycles. The van der Waals surface area contributed by atoms with Gasteiger partial charge in [-0.05, 0) is 42.6 Å². The molecule has 0 saturated carbocycles. The first-order valence-corrected chi connectivity index (χ1v) is 7.17. The maximum Gasteiger partial charge on any atom is 0.334 e. The third-order valence-electron chi connectivity index (χ3n) is 4.42. The number of carbonyl (C=O) groups is 1. The van der Waals surface area contributed by atoms with Crippen molar-refractivity contribution in [1.29, 1.82) is 0 Å². The highest BCUT2D eigenvalue weighted by Crippen LogP contribution is 2.56. The van der Waals surface area contributed by atoms with Crippen molar-refractivity contribution in [2.24, 2.45) is 0 Å². The maximum atomic E-state index is 11.8. The standard InChI is InChI=1S/C17H20O4/c1-11-8-12(16(18)20-3)9-13-14-6-4-5-7-17(14,15(11)13)21-10-19-2/h4,6,9H,5,7-8,10H2,1-3H3. The van der Waals surface area contributed by atoms with Gasteiger partial charge in [-0.1, -0.05) is 17.7 Å². The Morgan fingerprint density at radius 2 is 2.19 bits per heavy atom. The van der Waals surface area contributed by atoms with Crippen LogP contribution in [0.3, 0.4) is 0 Å². The molecule has 0 aliphatic heterocycles. The molecule has 0 aromatic rings. The Labute approximate surface area is 124 Å². The largest absolute Gasteiger partial charge is 0.466 e. The quantitative estimate of drug-likeness (QED) is 0.589. The summed E-state index contributed by atoms with van der Waals surface area (Å²) in [6.07, 6.45) is 8.77.